The number of anilines is 2. The van der Waals surface area contributed by atoms with Crippen molar-refractivity contribution < 1.29 is 24.2 Å². The molecule has 4 N–H and O–H groups in total. The summed E-state index contributed by atoms with van der Waals surface area (Å²) in [5.74, 6) is 5.17. The number of pyridine rings is 1. The zero-order valence-corrected chi connectivity index (χ0v) is 40.7. The number of nitrogen functional groups attached to an aromatic ring is 1. The molecular weight excluding hydrogens is 911 g/mol. The summed E-state index contributed by atoms with van der Waals surface area (Å²) in [6, 6.07) is 48.4. The van der Waals surface area contributed by atoms with Gasteiger partial charge in [-0.15, -0.1) is 12.8 Å². The van der Waals surface area contributed by atoms with Crippen LogP contribution >= 0.6 is 0 Å². The smallest absolute Gasteiger partial charge is 0.373 e. The number of nitrogens with zero attached hydrogens (tertiary/aromatic N) is 5. The number of carbonyl (C=O) groups is 2. The molecule has 3 aromatic heterocycles. The molecule has 10 rings (SSSR count). The van der Waals surface area contributed by atoms with Gasteiger partial charge in [0.2, 0.25) is 11.6 Å². The quantitative estimate of drug-likeness (QED) is 0.0831. The first-order chi connectivity index (χ1) is 35.4. The van der Waals surface area contributed by atoms with Gasteiger partial charge in [-0.3, -0.25) is 9.78 Å². The van der Waals surface area contributed by atoms with Crippen LogP contribution in [0.3, 0.4) is 0 Å². The van der Waals surface area contributed by atoms with Gasteiger partial charge in [0, 0.05) is 50.8 Å². The highest BCUT2D eigenvalue weighted by Gasteiger charge is 2.19. The summed E-state index contributed by atoms with van der Waals surface area (Å²) in [5, 5.41) is 17.9. The minimum absolute atomic E-state index is 0.0728. The molecule has 0 unspecified atom stereocenters. The molecule has 0 fully saturated rings. The van der Waals surface area contributed by atoms with Crippen molar-refractivity contribution in [1.82, 2.24) is 24.9 Å². The molecule has 12 heteroatoms. The summed E-state index contributed by atoms with van der Waals surface area (Å²) in [7, 11) is 0. The molecule has 0 aliphatic carbocycles. The van der Waals surface area contributed by atoms with Gasteiger partial charge in [-0.2, -0.15) is 0 Å². The van der Waals surface area contributed by atoms with Gasteiger partial charge < -0.3 is 25.6 Å². The molecule has 73 heavy (non-hydrogen) atoms. The van der Waals surface area contributed by atoms with E-state index in [2.05, 4.69) is 89.1 Å². The number of terminal acetylenes is 2. The van der Waals surface area contributed by atoms with Crippen molar-refractivity contribution in [3.8, 4) is 58.7 Å². The second-order valence-corrected chi connectivity index (χ2v) is 17.4. The lowest BCUT2D eigenvalue weighted by Crippen LogP contribution is -2.16. The first-order valence-electron chi connectivity index (χ1n) is 23.5. The Morgan fingerprint density at radius 2 is 1.10 bits per heavy atom. The van der Waals surface area contributed by atoms with Gasteiger partial charge in [-0.1, -0.05) is 137 Å². The average molecular weight is 962 g/mol. The number of ether oxygens (including phenoxy) is 2. The molecule has 10 aromatic rings. The van der Waals surface area contributed by atoms with E-state index >= 15 is 0 Å². The lowest BCUT2D eigenvalue weighted by Gasteiger charge is -2.13. The number of aromatic nitrogens is 5. The number of nitrogens with two attached hydrogens (primary N) is 1. The Morgan fingerprint density at radius 1 is 0.589 bits per heavy atom. The van der Waals surface area contributed by atoms with Crippen LogP contribution in [0.25, 0.3) is 65.9 Å². The fourth-order valence-electron chi connectivity index (χ4n) is 7.98. The summed E-state index contributed by atoms with van der Waals surface area (Å²) >= 11 is 0. The van der Waals surface area contributed by atoms with Crippen LogP contribution in [0.2, 0.25) is 0 Å². The highest BCUT2D eigenvalue weighted by molar-refractivity contribution is 6.09. The third-order valence-corrected chi connectivity index (χ3v) is 11.8. The number of benzene rings is 7. The van der Waals surface area contributed by atoms with Crippen LogP contribution in [0, 0.1) is 24.7 Å². The first-order valence-corrected chi connectivity index (χ1v) is 23.5. The van der Waals surface area contributed by atoms with E-state index in [0.717, 1.165) is 38.4 Å². The standard InChI is InChI=1S/C30H24N4O2.C21H18N2O3.C10H9N/c1-4-16-36-23-12-13-27-24(17-23)28(22-10-8-20(9-11-22)19(2)3)34-29(32-27)30(35)33-26-7-5-6-21-14-15-31-18-25(21)26;1-4-11-26-16-9-10-18-17(12-16)19(23-20(22-18)21(24)25)15-7-5-14(6-8-15)13(2)3;11-10-7-3-5-8-4-1-2-6-9(8)10/h1,5-15,17-19H,16H2,2-3H3,(H,33,35);1,5-10,12-13H,11H2,2-3H3,(H,24,25);1-7H,11H2. The number of carboxylic acid groups (broad SMARTS) is 1. The number of carboxylic acids is 1. The van der Waals surface area contributed by atoms with E-state index in [-0.39, 0.29) is 24.9 Å². The van der Waals surface area contributed by atoms with Crippen molar-refractivity contribution in [3.05, 3.63) is 187 Å². The molecule has 360 valence electrons. The molecule has 0 radical (unpaired) electrons. The lowest BCUT2D eigenvalue weighted by molar-refractivity contribution is 0.0684. The Labute approximate surface area is 423 Å². The number of rotatable bonds is 11. The summed E-state index contributed by atoms with van der Waals surface area (Å²) in [6.07, 6.45) is 14.0. The van der Waals surface area contributed by atoms with Gasteiger partial charge in [-0.05, 0) is 88.3 Å². The molecule has 0 atom stereocenters. The van der Waals surface area contributed by atoms with Crippen molar-refractivity contribution in [3.63, 3.8) is 0 Å². The minimum atomic E-state index is -1.17. The van der Waals surface area contributed by atoms with Crippen molar-refractivity contribution in [2.45, 2.75) is 39.5 Å². The number of fused-ring (bicyclic) bond motifs is 4. The third kappa shape index (κ3) is 11.9. The van der Waals surface area contributed by atoms with E-state index in [1.807, 2.05) is 103 Å². The SMILES string of the molecule is C#CCOc1ccc2nc(C(=O)Nc3cccc4ccncc34)nc(-c3ccc(C(C)C)cc3)c2c1.C#CCOc1ccc2nc(C(=O)O)nc(-c3ccc(C(C)C)cc3)c2c1.Nc1cccc2ccccc12. The van der Waals surface area contributed by atoms with Gasteiger partial charge in [0.05, 0.1) is 28.1 Å². The van der Waals surface area contributed by atoms with Gasteiger partial charge in [0.15, 0.2) is 0 Å². The fourth-order valence-corrected chi connectivity index (χ4v) is 7.98. The van der Waals surface area contributed by atoms with Gasteiger partial charge in [0.25, 0.3) is 5.91 Å². The van der Waals surface area contributed by atoms with E-state index < -0.39 is 11.9 Å². The van der Waals surface area contributed by atoms with E-state index in [1.165, 1.54) is 16.5 Å². The molecule has 12 nitrogen and oxygen atoms in total. The molecule has 0 saturated heterocycles. The number of aromatic carboxylic acids is 1. The second kappa shape index (κ2) is 22.8. The number of amides is 1. The third-order valence-electron chi connectivity index (χ3n) is 11.8. The Hall–Kier alpha value is -9.65. The fraction of sp³-hybridized carbons (Fsp3) is 0.131. The Morgan fingerprint density at radius 3 is 1.63 bits per heavy atom. The van der Waals surface area contributed by atoms with E-state index in [1.54, 1.807) is 36.7 Å². The summed E-state index contributed by atoms with van der Waals surface area (Å²) < 4.78 is 11.1. The maximum absolute atomic E-state index is 13.3. The average Bonchev–Trinajstić information content (AvgIpc) is 3.41. The Bertz CT molecular complexity index is 3700. The molecule has 7 aromatic carbocycles. The van der Waals surface area contributed by atoms with Crippen LogP contribution in [0.1, 0.15) is 71.9 Å². The normalized spacial score (nSPS) is 10.7. The van der Waals surface area contributed by atoms with Gasteiger partial charge in [0.1, 0.15) is 24.7 Å². The maximum Gasteiger partial charge on any atom is 0.373 e. The lowest BCUT2D eigenvalue weighted by atomic mass is 9.99. The van der Waals surface area contributed by atoms with E-state index in [4.69, 9.17) is 33.0 Å². The molecule has 0 aliphatic rings. The minimum Gasteiger partial charge on any atom is -0.481 e. The van der Waals surface area contributed by atoms with Crippen LogP contribution in [0.5, 0.6) is 11.5 Å². The van der Waals surface area contributed by atoms with Crippen LogP contribution in [0.4, 0.5) is 11.4 Å². The molecule has 1 amide bonds. The predicted octanol–water partition coefficient (Wildman–Crippen LogP) is 12.8. The van der Waals surface area contributed by atoms with Crippen molar-refractivity contribution in [2.75, 3.05) is 24.3 Å². The van der Waals surface area contributed by atoms with Crippen LogP contribution in [0.15, 0.2) is 164 Å². The number of carbonyl (C=O) groups excluding carboxylic acids is 1. The second-order valence-electron chi connectivity index (χ2n) is 17.4. The molecular formula is C61H51N7O5. The molecule has 3 heterocycles. The molecule has 0 spiro atoms. The summed E-state index contributed by atoms with van der Waals surface area (Å²) in [5.41, 5.74) is 13.7. The molecule has 0 saturated carbocycles. The van der Waals surface area contributed by atoms with Crippen molar-refractivity contribution >= 4 is 66.6 Å². The van der Waals surface area contributed by atoms with Crippen molar-refractivity contribution in [2.24, 2.45) is 0 Å². The number of hydrogen-bond donors (Lipinski definition) is 3. The molecule has 0 bridgehead atoms. The van der Waals surface area contributed by atoms with Crippen LogP contribution < -0.4 is 20.5 Å². The van der Waals surface area contributed by atoms with Crippen LogP contribution in [-0.4, -0.2) is 55.1 Å². The van der Waals surface area contributed by atoms with E-state index in [0.29, 0.717) is 56.8 Å². The van der Waals surface area contributed by atoms with E-state index in [9.17, 15) is 14.7 Å². The zero-order chi connectivity index (χ0) is 51.4. The predicted molar refractivity (Wildman–Crippen MR) is 292 cm³/mol. The maximum atomic E-state index is 13.3. The monoisotopic (exact) mass is 961 g/mol. The highest BCUT2D eigenvalue weighted by Crippen LogP contribution is 2.33. The first kappa shape index (κ1) is 49.8. The summed E-state index contributed by atoms with van der Waals surface area (Å²) in [4.78, 5) is 46.6. The van der Waals surface area contributed by atoms with Gasteiger partial charge in [-0.25, -0.2) is 24.7 Å². The zero-order valence-electron chi connectivity index (χ0n) is 40.7. The molecule has 0 aliphatic heterocycles. The van der Waals surface area contributed by atoms with Gasteiger partial charge >= 0.3 is 5.97 Å². The Balaban J connectivity index is 0.000000166. The number of hydrogen-bond acceptors (Lipinski definition) is 10. The van der Waals surface area contributed by atoms with Crippen LogP contribution in [-0.2, 0) is 0 Å². The Kier molecular flexibility index (Phi) is 15.6. The number of nitrogens with one attached hydrogen (secondary N) is 1. The topological polar surface area (TPSA) is 175 Å². The largest absolute Gasteiger partial charge is 0.481 e. The summed E-state index contributed by atoms with van der Waals surface area (Å²) in [6.45, 7) is 8.84. The highest BCUT2D eigenvalue weighted by atomic mass is 16.5. The van der Waals surface area contributed by atoms with Crippen molar-refractivity contribution in [1.29, 1.82) is 0 Å².